The lowest BCUT2D eigenvalue weighted by Gasteiger charge is -2.32. The van der Waals surface area contributed by atoms with Gasteiger partial charge in [-0.3, -0.25) is 4.90 Å². The molecule has 20 heavy (non-hydrogen) atoms. The van der Waals surface area contributed by atoms with Gasteiger partial charge in [0.05, 0.1) is 0 Å². The van der Waals surface area contributed by atoms with Crippen molar-refractivity contribution in [3.8, 4) is 0 Å². The second-order valence-corrected chi connectivity index (χ2v) is 5.88. The van der Waals surface area contributed by atoms with Crippen molar-refractivity contribution in [3.63, 3.8) is 0 Å². The highest BCUT2D eigenvalue weighted by atomic mass is 19.1. The third-order valence-corrected chi connectivity index (χ3v) is 4.02. The molecule has 1 aromatic carbocycles. The van der Waals surface area contributed by atoms with Gasteiger partial charge in [0.25, 0.3) is 0 Å². The summed E-state index contributed by atoms with van der Waals surface area (Å²) in [6.07, 6.45) is 2.19. The number of nitrogens with one attached hydrogen (secondary N) is 1. The molecule has 4 heteroatoms. The lowest BCUT2D eigenvalue weighted by molar-refractivity contribution is 0.188. The molecule has 1 aromatic rings. The van der Waals surface area contributed by atoms with Crippen molar-refractivity contribution in [3.05, 3.63) is 35.4 Å². The highest BCUT2D eigenvalue weighted by molar-refractivity contribution is 5.18. The van der Waals surface area contributed by atoms with Gasteiger partial charge in [-0.1, -0.05) is 19.9 Å². The third-order valence-electron chi connectivity index (χ3n) is 4.02. The SMILES string of the molecule is CCC1CCN(Cc2ccc(F)cc2F)CC(C)CN1. The van der Waals surface area contributed by atoms with Crippen LogP contribution in [0.4, 0.5) is 8.78 Å². The Morgan fingerprint density at radius 1 is 1.35 bits per heavy atom. The summed E-state index contributed by atoms with van der Waals surface area (Å²) in [5.41, 5.74) is 0.584. The van der Waals surface area contributed by atoms with Crippen LogP contribution in [-0.2, 0) is 6.54 Å². The summed E-state index contributed by atoms with van der Waals surface area (Å²) in [6, 6.07) is 4.41. The molecule has 0 amide bonds. The summed E-state index contributed by atoms with van der Waals surface area (Å²) in [5.74, 6) is -0.416. The summed E-state index contributed by atoms with van der Waals surface area (Å²) in [7, 11) is 0. The summed E-state index contributed by atoms with van der Waals surface area (Å²) in [6.45, 7) is 7.85. The van der Waals surface area contributed by atoms with Crippen molar-refractivity contribution in [1.82, 2.24) is 10.2 Å². The third kappa shape index (κ3) is 4.25. The first kappa shape index (κ1) is 15.4. The van der Waals surface area contributed by atoms with E-state index < -0.39 is 11.6 Å². The van der Waals surface area contributed by atoms with Crippen LogP contribution in [0.2, 0.25) is 0 Å². The zero-order chi connectivity index (χ0) is 14.5. The first-order valence-electron chi connectivity index (χ1n) is 7.48. The zero-order valence-corrected chi connectivity index (χ0v) is 12.3. The molecule has 1 N–H and O–H groups in total. The maximum atomic E-state index is 13.7. The zero-order valence-electron chi connectivity index (χ0n) is 12.3. The lowest BCUT2D eigenvalue weighted by Crippen LogP contribution is -2.43. The van der Waals surface area contributed by atoms with Crippen LogP contribution in [0.15, 0.2) is 18.2 Å². The Hall–Kier alpha value is -1.00. The number of halogens is 2. The largest absolute Gasteiger partial charge is 0.314 e. The molecule has 1 aliphatic heterocycles. The molecule has 0 spiro atoms. The van der Waals surface area contributed by atoms with Crippen LogP contribution in [0, 0.1) is 17.6 Å². The highest BCUT2D eigenvalue weighted by Crippen LogP contribution is 2.16. The van der Waals surface area contributed by atoms with Crippen LogP contribution in [-0.4, -0.2) is 30.6 Å². The van der Waals surface area contributed by atoms with Crippen LogP contribution < -0.4 is 5.32 Å². The van der Waals surface area contributed by atoms with Crippen molar-refractivity contribution in [1.29, 1.82) is 0 Å². The molecule has 2 nitrogen and oxygen atoms in total. The number of hydrogen-bond donors (Lipinski definition) is 1. The molecule has 0 aromatic heterocycles. The standard InChI is InChI=1S/C16H24F2N2/c1-3-15-6-7-20(10-12(2)9-19-15)11-13-4-5-14(17)8-16(13)18/h4-5,8,12,15,19H,3,6-7,9-11H2,1-2H3. The molecule has 0 saturated carbocycles. The average molecular weight is 282 g/mol. The van der Waals surface area contributed by atoms with E-state index in [4.69, 9.17) is 0 Å². The van der Waals surface area contributed by atoms with Crippen LogP contribution in [0.3, 0.4) is 0 Å². The van der Waals surface area contributed by atoms with E-state index in [1.165, 1.54) is 6.07 Å². The molecule has 0 radical (unpaired) electrons. The normalized spacial score (nSPS) is 25.2. The van der Waals surface area contributed by atoms with E-state index >= 15 is 0 Å². The monoisotopic (exact) mass is 282 g/mol. The molecule has 0 bridgehead atoms. The number of hydrogen-bond acceptors (Lipinski definition) is 2. The van der Waals surface area contributed by atoms with Crippen molar-refractivity contribution < 1.29 is 8.78 Å². The predicted molar refractivity (Wildman–Crippen MR) is 77.5 cm³/mol. The molecule has 0 aliphatic carbocycles. The molecular weight excluding hydrogens is 258 g/mol. The van der Waals surface area contributed by atoms with Crippen LogP contribution >= 0.6 is 0 Å². The molecular formula is C16H24F2N2. The highest BCUT2D eigenvalue weighted by Gasteiger charge is 2.18. The van der Waals surface area contributed by atoms with Crippen molar-refractivity contribution in [2.75, 3.05) is 19.6 Å². The Morgan fingerprint density at radius 3 is 2.85 bits per heavy atom. The molecule has 2 unspecified atom stereocenters. The molecule has 112 valence electrons. The van der Waals surface area contributed by atoms with Gasteiger partial charge in [-0.15, -0.1) is 0 Å². The van der Waals surface area contributed by atoms with Crippen LogP contribution in [0.5, 0.6) is 0 Å². The van der Waals surface area contributed by atoms with Crippen molar-refractivity contribution >= 4 is 0 Å². The van der Waals surface area contributed by atoms with E-state index in [0.29, 0.717) is 24.1 Å². The Morgan fingerprint density at radius 2 is 2.15 bits per heavy atom. The molecule has 2 atom stereocenters. The van der Waals surface area contributed by atoms with Gasteiger partial charge >= 0.3 is 0 Å². The topological polar surface area (TPSA) is 15.3 Å². The molecule has 1 saturated heterocycles. The van der Waals surface area contributed by atoms with E-state index in [1.54, 1.807) is 6.07 Å². The minimum atomic E-state index is -0.512. The Balaban J connectivity index is 2.02. The average Bonchev–Trinajstić information content (AvgIpc) is 2.39. The van der Waals surface area contributed by atoms with Crippen LogP contribution in [0.1, 0.15) is 32.3 Å². The number of nitrogens with zero attached hydrogens (tertiary/aromatic N) is 1. The van der Waals surface area contributed by atoms with E-state index in [1.807, 2.05) is 0 Å². The van der Waals surface area contributed by atoms with E-state index in [0.717, 1.165) is 38.5 Å². The Kier molecular flexibility index (Phi) is 5.49. The minimum Gasteiger partial charge on any atom is -0.314 e. The number of rotatable bonds is 3. The van der Waals surface area contributed by atoms with Crippen molar-refractivity contribution in [2.24, 2.45) is 5.92 Å². The van der Waals surface area contributed by atoms with E-state index in [9.17, 15) is 8.78 Å². The fourth-order valence-electron chi connectivity index (χ4n) is 2.79. The van der Waals surface area contributed by atoms with Gasteiger partial charge in [0.15, 0.2) is 0 Å². The second kappa shape index (κ2) is 7.14. The molecule has 1 heterocycles. The maximum absolute atomic E-state index is 13.7. The van der Waals surface area contributed by atoms with E-state index in [2.05, 4.69) is 24.1 Å². The Labute approximate surface area is 120 Å². The predicted octanol–water partition coefficient (Wildman–Crippen LogP) is 3.17. The summed E-state index contributed by atoms with van der Waals surface area (Å²) >= 11 is 0. The second-order valence-electron chi connectivity index (χ2n) is 5.88. The van der Waals surface area contributed by atoms with Gasteiger partial charge in [-0.25, -0.2) is 8.78 Å². The van der Waals surface area contributed by atoms with Gasteiger partial charge in [-0.05, 0) is 37.9 Å². The Bertz CT molecular complexity index is 436. The summed E-state index contributed by atoms with van der Waals surface area (Å²) in [5, 5.41) is 3.57. The molecule has 1 aliphatic rings. The lowest BCUT2D eigenvalue weighted by atomic mass is 10.0. The fraction of sp³-hybridized carbons (Fsp3) is 0.625. The minimum absolute atomic E-state index is 0.440. The molecule has 1 fully saturated rings. The summed E-state index contributed by atoms with van der Waals surface area (Å²) < 4.78 is 26.7. The first-order valence-corrected chi connectivity index (χ1v) is 7.48. The maximum Gasteiger partial charge on any atom is 0.130 e. The molecule has 2 rings (SSSR count). The van der Waals surface area contributed by atoms with E-state index in [-0.39, 0.29) is 0 Å². The van der Waals surface area contributed by atoms with Gasteiger partial charge in [0.1, 0.15) is 11.6 Å². The van der Waals surface area contributed by atoms with Gasteiger partial charge < -0.3 is 5.32 Å². The van der Waals surface area contributed by atoms with Gasteiger partial charge in [0.2, 0.25) is 0 Å². The smallest absolute Gasteiger partial charge is 0.130 e. The fourth-order valence-corrected chi connectivity index (χ4v) is 2.79. The first-order chi connectivity index (χ1) is 9.58. The van der Waals surface area contributed by atoms with Gasteiger partial charge in [-0.2, -0.15) is 0 Å². The summed E-state index contributed by atoms with van der Waals surface area (Å²) in [4.78, 5) is 2.28. The van der Waals surface area contributed by atoms with Crippen molar-refractivity contribution in [2.45, 2.75) is 39.3 Å². The van der Waals surface area contributed by atoms with Gasteiger partial charge in [0, 0.05) is 30.8 Å². The quantitative estimate of drug-likeness (QED) is 0.916. The van der Waals surface area contributed by atoms with Crippen LogP contribution in [0.25, 0.3) is 0 Å². The number of benzene rings is 1.